The molecule has 2 rings (SSSR count). The molecule has 17 heavy (non-hydrogen) atoms. The van der Waals surface area contributed by atoms with E-state index in [0.717, 1.165) is 29.7 Å². The Bertz CT molecular complexity index is 376. The first-order chi connectivity index (χ1) is 8.19. The molecule has 1 aliphatic carbocycles. The fourth-order valence-corrected chi connectivity index (χ4v) is 2.78. The summed E-state index contributed by atoms with van der Waals surface area (Å²) in [5.74, 6) is 2.47. The smallest absolute Gasteiger partial charge is 0.131 e. The number of hydrogen-bond donors (Lipinski definition) is 1. The van der Waals surface area contributed by atoms with Crippen LogP contribution in [-0.2, 0) is 6.54 Å². The van der Waals surface area contributed by atoms with Crippen LogP contribution in [0, 0.1) is 12.8 Å². The molecule has 0 spiro atoms. The van der Waals surface area contributed by atoms with Crippen molar-refractivity contribution in [3.05, 3.63) is 23.3 Å². The summed E-state index contributed by atoms with van der Waals surface area (Å²) in [6, 6.07) is 2.08. The molecule has 1 heterocycles. The predicted octanol–water partition coefficient (Wildman–Crippen LogP) is 2.80. The Hall–Kier alpha value is -0.960. The van der Waals surface area contributed by atoms with Crippen molar-refractivity contribution in [1.82, 2.24) is 15.3 Å². The van der Waals surface area contributed by atoms with Crippen LogP contribution < -0.4 is 5.32 Å². The number of aryl methyl sites for hydroxylation is 1. The van der Waals surface area contributed by atoms with Gasteiger partial charge in [-0.25, -0.2) is 9.97 Å². The highest BCUT2D eigenvalue weighted by molar-refractivity contribution is 5.12. The van der Waals surface area contributed by atoms with Crippen LogP contribution in [0.4, 0.5) is 0 Å². The van der Waals surface area contributed by atoms with Gasteiger partial charge in [-0.1, -0.05) is 19.8 Å². The SMILES string of the molecule is CNCc1cc(C)nc(C2CCCC(C)C2)n1. The van der Waals surface area contributed by atoms with Gasteiger partial charge in [-0.2, -0.15) is 0 Å². The summed E-state index contributed by atoms with van der Waals surface area (Å²) < 4.78 is 0. The zero-order valence-electron chi connectivity index (χ0n) is 11.2. The third kappa shape index (κ3) is 3.25. The van der Waals surface area contributed by atoms with E-state index in [1.54, 1.807) is 0 Å². The third-order valence-electron chi connectivity index (χ3n) is 3.58. The molecule has 3 heteroatoms. The molecule has 1 aromatic rings. The lowest BCUT2D eigenvalue weighted by Gasteiger charge is -2.26. The van der Waals surface area contributed by atoms with Gasteiger partial charge in [0, 0.05) is 18.2 Å². The fraction of sp³-hybridized carbons (Fsp3) is 0.714. The van der Waals surface area contributed by atoms with E-state index in [4.69, 9.17) is 4.98 Å². The molecule has 94 valence electrons. The lowest BCUT2D eigenvalue weighted by atomic mass is 9.82. The Morgan fingerprint density at radius 2 is 2.18 bits per heavy atom. The summed E-state index contributed by atoms with van der Waals surface area (Å²) in [7, 11) is 1.96. The highest BCUT2D eigenvalue weighted by Gasteiger charge is 2.22. The number of nitrogens with one attached hydrogen (secondary N) is 1. The van der Waals surface area contributed by atoms with Gasteiger partial charge in [0.05, 0.1) is 5.69 Å². The van der Waals surface area contributed by atoms with Gasteiger partial charge in [-0.05, 0) is 38.8 Å². The van der Waals surface area contributed by atoms with Crippen LogP contribution >= 0.6 is 0 Å². The molecule has 2 atom stereocenters. The van der Waals surface area contributed by atoms with Crippen molar-refractivity contribution in [2.75, 3.05) is 7.05 Å². The third-order valence-corrected chi connectivity index (χ3v) is 3.58. The minimum absolute atomic E-state index is 0.578. The van der Waals surface area contributed by atoms with Crippen molar-refractivity contribution >= 4 is 0 Å². The van der Waals surface area contributed by atoms with Crippen LogP contribution in [0.15, 0.2) is 6.07 Å². The van der Waals surface area contributed by atoms with Crippen LogP contribution in [0.3, 0.4) is 0 Å². The summed E-state index contributed by atoms with van der Waals surface area (Å²) in [5.41, 5.74) is 2.21. The van der Waals surface area contributed by atoms with Crippen molar-refractivity contribution in [1.29, 1.82) is 0 Å². The van der Waals surface area contributed by atoms with E-state index < -0.39 is 0 Å². The molecule has 1 aliphatic rings. The number of aromatic nitrogens is 2. The summed E-state index contributed by atoms with van der Waals surface area (Å²) in [5, 5.41) is 3.16. The highest BCUT2D eigenvalue weighted by Crippen LogP contribution is 2.34. The Labute approximate surface area is 104 Å². The second kappa shape index (κ2) is 5.58. The van der Waals surface area contributed by atoms with Crippen LogP contribution in [0.5, 0.6) is 0 Å². The van der Waals surface area contributed by atoms with Crippen LogP contribution in [0.2, 0.25) is 0 Å². The van der Waals surface area contributed by atoms with Crippen LogP contribution in [-0.4, -0.2) is 17.0 Å². The van der Waals surface area contributed by atoms with Crippen molar-refractivity contribution < 1.29 is 0 Å². The maximum Gasteiger partial charge on any atom is 0.131 e. The van der Waals surface area contributed by atoms with Crippen molar-refractivity contribution in [3.8, 4) is 0 Å². The van der Waals surface area contributed by atoms with E-state index >= 15 is 0 Å². The molecule has 1 aromatic heterocycles. The van der Waals surface area contributed by atoms with Gasteiger partial charge in [0.15, 0.2) is 0 Å². The molecule has 0 amide bonds. The maximum atomic E-state index is 4.71. The molecule has 0 aliphatic heterocycles. The summed E-state index contributed by atoms with van der Waals surface area (Å²) in [6.07, 6.45) is 5.20. The number of rotatable bonds is 3. The van der Waals surface area contributed by atoms with E-state index in [1.807, 2.05) is 7.05 Å². The highest BCUT2D eigenvalue weighted by atomic mass is 14.9. The quantitative estimate of drug-likeness (QED) is 0.872. The molecule has 0 radical (unpaired) electrons. The Balaban J connectivity index is 2.18. The largest absolute Gasteiger partial charge is 0.314 e. The van der Waals surface area contributed by atoms with Crippen LogP contribution in [0.1, 0.15) is 55.7 Å². The second-order valence-corrected chi connectivity index (χ2v) is 5.36. The molecule has 0 bridgehead atoms. The van der Waals surface area contributed by atoms with Crippen LogP contribution in [0.25, 0.3) is 0 Å². The first-order valence-corrected chi connectivity index (χ1v) is 6.68. The van der Waals surface area contributed by atoms with E-state index in [1.165, 1.54) is 25.7 Å². The first-order valence-electron chi connectivity index (χ1n) is 6.68. The van der Waals surface area contributed by atoms with Gasteiger partial charge < -0.3 is 5.32 Å². The zero-order chi connectivity index (χ0) is 12.3. The van der Waals surface area contributed by atoms with Gasteiger partial charge in [0.2, 0.25) is 0 Å². The zero-order valence-corrected chi connectivity index (χ0v) is 11.2. The molecule has 0 aromatic carbocycles. The lowest BCUT2D eigenvalue weighted by Crippen LogP contribution is -2.17. The number of nitrogens with zero attached hydrogens (tertiary/aromatic N) is 2. The summed E-state index contributed by atoms with van der Waals surface area (Å²) >= 11 is 0. The molecule has 3 nitrogen and oxygen atoms in total. The van der Waals surface area contributed by atoms with Crippen molar-refractivity contribution in [2.45, 2.75) is 52.0 Å². The number of hydrogen-bond acceptors (Lipinski definition) is 3. The van der Waals surface area contributed by atoms with E-state index in [9.17, 15) is 0 Å². The molecular weight excluding hydrogens is 210 g/mol. The maximum absolute atomic E-state index is 4.71. The van der Waals surface area contributed by atoms with Gasteiger partial charge >= 0.3 is 0 Å². The van der Waals surface area contributed by atoms with Crippen molar-refractivity contribution in [3.63, 3.8) is 0 Å². The normalized spacial score (nSPS) is 24.9. The average Bonchev–Trinajstić information content (AvgIpc) is 2.28. The fourth-order valence-electron chi connectivity index (χ4n) is 2.78. The Kier molecular flexibility index (Phi) is 4.11. The van der Waals surface area contributed by atoms with Gasteiger partial charge in [0.25, 0.3) is 0 Å². The van der Waals surface area contributed by atoms with E-state index in [2.05, 4.69) is 30.2 Å². The minimum Gasteiger partial charge on any atom is -0.314 e. The Morgan fingerprint density at radius 3 is 2.88 bits per heavy atom. The molecule has 2 unspecified atom stereocenters. The molecule has 1 N–H and O–H groups in total. The van der Waals surface area contributed by atoms with Gasteiger partial charge in [-0.15, -0.1) is 0 Å². The molecule has 1 fully saturated rings. The second-order valence-electron chi connectivity index (χ2n) is 5.36. The molecule has 1 saturated carbocycles. The minimum atomic E-state index is 0.578. The Morgan fingerprint density at radius 1 is 1.35 bits per heavy atom. The molecular formula is C14H23N3. The monoisotopic (exact) mass is 233 g/mol. The summed E-state index contributed by atoms with van der Waals surface area (Å²) in [6.45, 7) is 5.24. The average molecular weight is 233 g/mol. The van der Waals surface area contributed by atoms with E-state index in [-0.39, 0.29) is 0 Å². The van der Waals surface area contributed by atoms with E-state index in [0.29, 0.717) is 5.92 Å². The lowest BCUT2D eigenvalue weighted by molar-refractivity contribution is 0.334. The summed E-state index contributed by atoms with van der Waals surface area (Å²) in [4.78, 5) is 9.34. The standard InChI is InChI=1S/C14H23N3/c1-10-5-4-6-12(7-10)14-16-11(2)8-13(17-14)9-15-3/h8,10,12,15H,4-7,9H2,1-3H3. The van der Waals surface area contributed by atoms with Crippen molar-refractivity contribution in [2.24, 2.45) is 5.92 Å². The molecule has 0 saturated heterocycles. The predicted molar refractivity (Wildman–Crippen MR) is 69.9 cm³/mol. The van der Waals surface area contributed by atoms with Gasteiger partial charge in [0.1, 0.15) is 5.82 Å². The van der Waals surface area contributed by atoms with Gasteiger partial charge in [-0.3, -0.25) is 0 Å². The topological polar surface area (TPSA) is 37.8 Å². The first kappa shape index (κ1) is 12.5.